The molecule has 0 amide bonds. The molecule has 3 atom stereocenters. The van der Waals surface area contributed by atoms with Gasteiger partial charge in [-0.3, -0.25) is 0 Å². The SMILES string of the molecule is CC(C)(C)C1CCC(Cl)C(Cc2cc(F)ccc2Br)C1. The third kappa shape index (κ3) is 3.98. The fourth-order valence-electron chi connectivity index (χ4n) is 3.21. The van der Waals surface area contributed by atoms with Crippen LogP contribution in [0.3, 0.4) is 0 Å². The van der Waals surface area contributed by atoms with Gasteiger partial charge in [0.2, 0.25) is 0 Å². The topological polar surface area (TPSA) is 0 Å². The molecule has 112 valence electrons. The van der Waals surface area contributed by atoms with Gasteiger partial charge >= 0.3 is 0 Å². The molecule has 0 spiro atoms. The van der Waals surface area contributed by atoms with Crippen molar-refractivity contribution >= 4 is 27.5 Å². The summed E-state index contributed by atoms with van der Waals surface area (Å²) in [7, 11) is 0. The maximum atomic E-state index is 13.4. The summed E-state index contributed by atoms with van der Waals surface area (Å²) in [6, 6.07) is 4.91. The molecule has 0 nitrogen and oxygen atoms in total. The monoisotopic (exact) mass is 360 g/mol. The summed E-state index contributed by atoms with van der Waals surface area (Å²) in [5.41, 5.74) is 1.37. The lowest BCUT2D eigenvalue weighted by Crippen LogP contribution is -2.33. The molecule has 1 aliphatic carbocycles. The van der Waals surface area contributed by atoms with Crippen LogP contribution in [0, 0.1) is 23.1 Å². The normalized spacial score (nSPS) is 27.6. The third-order valence-electron chi connectivity index (χ3n) is 4.60. The molecule has 2 rings (SSSR count). The average Bonchev–Trinajstić information content (AvgIpc) is 2.35. The largest absolute Gasteiger partial charge is 0.207 e. The fraction of sp³-hybridized carbons (Fsp3) is 0.647. The highest BCUT2D eigenvalue weighted by molar-refractivity contribution is 9.10. The van der Waals surface area contributed by atoms with Crippen molar-refractivity contribution in [2.45, 2.75) is 51.8 Å². The Morgan fingerprint density at radius 1 is 1.30 bits per heavy atom. The van der Waals surface area contributed by atoms with Crippen LogP contribution in [0.4, 0.5) is 4.39 Å². The molecule has 3 heteroatoms. The molecule has 0 aliphatic heterocycles. The molecule has 0 aromatic heterocycles. The smallest absolute Gasteiger partial charge is 0.123 e. The quantitative estimate of drug-likeness (QED) is 0.550. The van der Waals surface area contributed by atoms with Gasteiger partial charge in [0, 0.05) is 9.85 Å². The van der Waals surface area contributed by atoms with Gasteiger partial charge in [-0.2, -0.15) is 0 Å². The molecule has 0 heterocycles. The Labute approximate surface area is 135 Å². The van der Waals surface area contributed by atoms with E-state index in [-0.39, 0.29) is 11.2 Å². The molecule has 20 heavy (non-hydrogen) atoms. The third-order valence-corrected chi connectivity index (χ3v) is 5.95. The highest BCUT2D eigenvalue weighted by Crippen LogP contribution is 2.43. The Morgan fingerprint density at radius 3 is 2.65 bits per heavy atom. The summed E-state index contributed by atoms with van der Waals surface area (Å²) in [6.07, 6.45) is 4.28. The molecule has 1 fully saturated rings. The molecule has 0 N–H and O–H groups in total. The van der Waals surface area contributed by atoms with E-state index in [1.807, 2.05) is 0 Å². The fourth-order valence-corrected chi connectivity index (χ4v) is 3.93. The van der Waals surface area contributed by atoms with Gasteiger partial charge in [-0.15, -0.1) is 11.6 Å². The van der Waals surface area contributed by atoms with Crippen LogP contribution in [0.5, 0.6) is 0 Å². The number of halogens is 3. The van der Waals surface area contributed by atoms with Crippen molar-refractivity contribution < 1.29 is 4.39 Å². The second kappa shape index (κ2) is 6.36. The van der Waals surface area contributed by atoms with Crippen molar-refractivity contribution in [3.8, 4) is 0 Å². The summed E-state index contributed by atoms with van der Waals surface area (Å²) >= 11 is 10.1. The van der Waals surface area contributed by atoms with Crippen molar-refractivity contribution in [3.63, 3.8) is 0 Å². The van der Waals surface area contributed by atoms with E-state index in [0.29, 0.717) is 17.3 Å². The Hall–Kier alpha value is -0.0800. The van der Waals surface area contributed by atoms with Gasteiger partial charge in [0.1, 0.15) is 5.82 Å². The lowest BCUT2D eigenvalue weighted by molar-refractivity contribution is 0.144. The van der Waals surface area contributed by atoms with Gasteiger partial charge in [0.15, 0.2) is 0 Å². The Bertz CT molecular complexity index is 467. The number of hydrogen-bond acceptors (Lipinski definition) is 0. The van der Waals surface area contributed by atoms with Crippen molar-refractivity contribution in [2.24, 2.45) is 17.3 Å². The first-order chi connectivity index (χ1) is 9.27. The maximum Gasteiger partial charge on any atom is 0.123 e. The second-order valence-electron chi connectivity index (χ2n) is 7.09. The van der Waals surface area contributed by atoms with Gasteiger partial charge in [0.05, 0.1) is 0 Å². The van der Waals surface area contributed by atoms with E-state index >= 15 is 0 Å². The maximum absolute atomic E-state index is 13.4. The number of rotatable bonds is 2. The summed E-state index contributed by atoms with van der Waals surface area (Å²) in [5, 5.41) is 0.212. The van der Waals surface area contributed by atoms with E-state index in [1.165, 1.54) is 12.5 Å². The molecular weight excluding hydrogens is 339 g/mol. The van der Waals surface area contributed by atoms with Gasteiger partial charge in [0.25, 0.3) is 0 Å². The molecule has 0 saturated heterocycles. The van der Waals surface area contributed by atoms with Crippen LogP contribution >= 0.6 is 27.5 Å². The summed E-state index contributed by atoms with van der Waals surface area (Å²) in [5.74, 6) is 0.972. The minimum atomic E-state index is -0.169. The van der Waals surface area contributed by atoms with Crippen LogP contribution in [-0.2, 0) is 6.42 Å². The average molecular weight is 362 g/mol. The first kappa shape index (κ1) is 16.3. The molecular formula is C17H23BrClF. The standard InChI is InChI=1S/C17H23BrClF/c1-17(2,3)13-4-7-16(19)12(9-13)8-11-10-14(20)5-6-15(11)18/h5-6,10,12-13,16H,4,7-9H2,1-3H3. The minimum absolute atomic E-state index is 0.169. The molecule has 0 radical (unpaired) electrons. The lowest BCUT2D eigenvalue weighted by atomic mass is 9.68. The van der Waals surface area contributed by atoms with Crippen LogP contribution in [0.25, 0.3) is 0 Å². The van der Waals surface area contributed by atoms with E-state index in [0.717, 1.165) is 29.3 Å². The van der Waals surface area contributed by atoms with Crippen LogP contribution in [0.15, 0.2) is 22.7 Å². The van der Waals surface area contributed by atoms with E-state index in [1.54, 1.807) is 12.1 Å². The first-order valence-electron chi connectivity index (χ1n) is 7.35. The van der Waals surface area contributed by atoms with Crippen molar-refractivity contribution in [1.29, 1.82) is 0 Å². The van der Waals surface area contributed by atoms with E-state index in [9.17, 15) is 4.39 Å². The molecule has 0 bridgehead atoms. The molecule has 1 aromatic carbocycles. The summed E-state index contributed by atoms with van der Waals surface area (Å²) in [4.78, 5) is 0. The van der Waals surface area contributed by atoms with Crippen molar-refractivity contribution in [2.75, 3.05) is 0 Å². The van der Waals surface area contributed by atoms with E-state index < -0.39 is 0 Å². The van der Waals surface area contributed by atoms with Gasteiger partial charge < -0.3 is 0 Å². The first-order valence-corrected chi connectivity index (χ1v) is 8.58. The van der Waals surface area contributed by atoms with Gasteiger partial charge in [-0.25, -0.2) is 4.39 Å². The Morgan fingerprint density at radius 2 is 2.00 bits per heavy atom. The molecule has 1 saturated carbocycles. The predicted octanol–water partition coefficient (Wildman–Crippen LogP) is 6.20. The second-order valence-corrected chi connectivity index (χ2v) is 8.51. The van der Waals surface area contributed by atoms with Crippen LogP contribution < -0.4 is 0 Å². The zero-order chi connectivity index (χ0) is 14.9. The summed E-state index contributed by atoms with van der Waals surface area (Å²) < 4.78 is 14.4. The number of benzene rings is 1. The Balaban J connectivity index is 2.12. The zero-order valence-electron chi connectivity index (χ0n) is 12.4. The zero-order valence-corrected chi connectivity index (χ0v) is 14.8. The van der Waals surface area contributed by atoms with Crippen molar-refractivity contribution in [1.82, 2.24) is 0 Å². The number of alkyl halides is 1. The van der Waals surface area contributed by atoms with Crippen LogP contribution in [0.2, 0.25) is 0 Å². The predicted molar refractivity (Wildman–Crippen MR) is 87.7 cm³/mol. The van der Waals surface area contributed by atoms with Crippen LogP contribution in [0.1, 0.15) is 45.6 Å². The van der Waals surface area contributed by atoms with E-state index in [4.69, 9.17) is 11.6 Å². The van der Waals surface area contributed by atoms with Gasteiger partial charge in [-0.05, 0) is 66.7 Å². The highest BCUT2D eigenvalue weighted by atomic mass is 79.9. The summed E-state index contributed by atoms with van der Waals surface area (Å²) in [6.45, 7) is 6.92. The molecule has 1 aromatic rings. The highest BCUT2D eigenvalue weighted by Gasteiger charge is 2.35. The van der Waals surface area contributed by atoms with Crippen molar-refractivity contribution in [3.05, 3.63) is 34.1 Å². The molecule has 3 unspecified atom stereocenters. The van der Waals surface area contributed by atoms with Gasteiger partial charge in [-0.1, -0.05) is 36.7 Å². The Kier molecular flexibility index (Phi) is 5.18. The minimum Gasteiger partial charge on any atom is -0.207 e. The van der Waals surface area contributed by atoms with E-state index in [2.05, 4.69) is 36.7 Å². The number of hydrogen-bond donors (Lipinski definition) is 0. The van der Waals surface area contributed by atoms with Crippen LogP contribution in [-0.4, -0.2) is 5.38 Å². The lowest BCUT2D eigenvalue weighted by Gasteiger charge is -2.40. The molecule has 1 aliphatic rings.